The third kappa shape index (κ3) is 3.41. The number of nitrogens with two attached hydrogens (primary N) is 1. The zero-order valence-electron chi connectivity index (χ0n) is 8.83. The van der Waals surface area contributed by atoms with Crippen molar-refractivity contribution in [2.45, 2.75) is 6.04 Å². The number of halogens is 3. The van der Waals surface area contributed by atoms with Gasteiger partial charge in [0, 0.05) is 13.4 Å². The Kier molecular flexibility index (Phi) is 4.42. The smallest absolute Gasteiger partial charge is 0.0552 e. The molecule has 0 aliphatic carbocycles. The molecule has 0 aliphatic heterocycles. The van der Waals surface area contributed by atoms with E-state index in [-0.39, 0.29) is 6.04 Å². The maximum atomic E-state index is 6.25. The highest BCUT2D eigenvalue weighted by molar-refractivity contribution is 9.11. The molecule has 0 radical (unpaired) electrons. The van der Waals surface area contributed by atoms with Gasteiger partial charge in [0.25, 0.3) is 0 Å². The number of rotatable bonds is 2. The number of hydrogen-bond acceptors (Lipinski definition) is 1. The van der Waals surface area contributed by atoms with E-state index < -0.39 is 0 Å². The highest BCUT2D eigenvalue weighted by Crippen LogP contribution is 2.27. The van der Waals surface area contributed by atoms with Crippen LogP contribution in [0.5, 0.6) is 0 Å². The van der Waals surface area contributed by atoms with Crippen LogP contribution in [0.25, 0.3) is 0 Å². The van der Waals surface area contributed by atoms with Crippen LogP contribution in [0.15, 0.2) is 55.9 Å². The van der Waals surface area contributed by atoms with Crippen molar-refractivity contribution in [2.24, 2.45) is 5.73 Å². The summed E-state index contributed by atoms with van der Waals surface area (Å²) >= 11 is 10.4. The topological polar surface area (TPSA) is 26.0 Å². The fourth-order valence-electron chi connectivity index (χ4n) is 1.62. The molecule has 2 rings (SSSR count). The fraction of sp³-hybridized carbons (Fsp3) is 0.0769. The van der Waals surface area contributed by atoms with Crippen LogP contribution in [0.3, 0.4) is 0 Å². The fourth-order valence-corrected chi connectivity index (χ4v) is 3.21. The third-order valence-corrected chi connectivity index (χ3v) is 3.92. The highest BCUT2D eigenvalue weighted by Gasteiger charge is 2.10. The van der Waals surface area contributed by atoms with Crippen molar-refractivity contribution in [1.29, 1.82) is 0 Å². The van der Waals surface area contributed by atoms with Gasteiger partial charge in [0.15, 0.2) is 0 Å². The van der Waals surface area contributed by atoms with E-state index in [0.29, 0.717) is 0 Å². The van der Waals surface area contributed by atoms with Crippen LogP contribution >= 0.6 is 47.8 Å². The highest BCUT2D eigenvalue weighted by atomic mass is 79.9. The van der Waals surface area contributed by atoms with Gasteiger partial charge in [-0.15, -0.1) is 0 Å². The molecule has 0 bridgehead atoms. The lowest BCUT2D eigenvalue weighted by atomic mass is 10.00. The molecule has 1 atom stereocenters. The molecular weight excluding hydrogens is 410 g/mol. The van der Waals surface area contributed by atoms with E-state index in [1.54, 1.807) is 0 Å². The second kappa shape index (κ2) is 5.65. The quantitative estimate of drug-likeness (QED) is 0.726. The Morgan fingerprint density at radius 1 is 0.706 bits per heavy atom. The predicted molar refractivity (Wildman–Crippen MR) is 82.0 cm³/mol. The van der Waals surface area contributed by atoms with Gasteiger partial charge in [0.1, 0.15) is 0 Å². The van der Waals surface area contributed by atoms with Crippen molar-refractivity contribution >= 4 is 47.8 Å². The van der Waals surface area contributed by atoms with Crippen LogP contribution in [0, 0.1) is 0 Å². The van der Waals surface area contributed by atoms with Crippen LogP contribution < -0.4 is 5.73 Å². The summed E-state index contributed by atoms with van der Waals surface area (Å²) in [6.45, 7) is 0. The Bertz CT molecular complexity index is 502. The largest absolute Gasteiger partial charge is 0.320 e. The summed E-state index contributed by atoms with van der Waals surface area (Å²) < 4.78 is 3.10. The zero-order chi connectivity index (χ0) is 12.4. The summed E-state index contributed by atoms with van der Waals surface area (Å²) in [6.07, 6.45) is 0. The summed E-state index contributed by atoms with van der Waals surface area (Å²) in [5, 5.41) is 0. The van der Waals surface area contributed by atoms with Crippen molar-refractivity contribution in [3.05, 3.63) is 67.0 Å². The number of hydrogen-bond donors (Lipinski definition) is 1. The minimum absolute atomic E-state index is 0.114. The Morgan fingerprint density at radius 2 is 1.24 bits per heavy atom. The van der Waals surface area contributed by atoms with Crippen molar-refractivity contribution < 1.29 is 0 Å². The molecule has 0 heterocycles. The first-order valence-corrected chi connectivity index (χ1v) is 7.41. The zero-order valence-corrected chi connectivity index (χ0v) is 13.6. The SMILES string of the molecule is NC(c1ccc(Br)cc1)c1cc(Br)cc(Br)c1. The Morgan fingerprint density at radius 3 is 1.76 bits per heavy atom. The Labute approximate surface area is 126 Å². The minimum atomic E-state index is -0.114. The van der Waals surface area contributed by atoms with E-state index in [2.05, 4.69) is 47.8 Å². The molecule has 0 spiro atoms. The molecule has 0 saturated carbocycles. The monoisotopic (exact) mass is 417 g/mol. The van der Waals surface area contributed by atoms with Crippen LogP contribution in [-0.4, -0.2) is 0 Å². The van der Waals surface area contributed by atoms with Gasteiger partial charge in [-0.1, -0.05) is 59.9 Å². The predicted octanol–water partition coefficient (Wildman–Crippen LogP) is 5.02. The molecule has 2 N–H and O–H groups in total. The molecule has 4 heteroatoms. The summed E-state index contributed by atoms with van der Waals surface area (Å²) in [5.41, 5.74) is 8.42. The lowest BCUT2D eigenvalue weighted by molar-refractivity contribution is 0.869. The first-order chi connectivity index (χ1) is 8.06. The lowest BCUT2D eigenvalue weighted by Gasteiger charge is -2.13. The second-order valence-corrected chi connectivity index (χ2v) is 6.48. The first-order valence-electron chi connectivity index (χ1n) is 5.03. The maximum Gasteiger partial charge on any atom is 0.0552 e. The molecule has 0 fully saturated rings. The molecule has 17 heavy (non-hydrogen) atoms. The van der Waals surface area contributed by atoms with E-state index in [1.165, 1.54) is 0 Å². The van der Waals surface area contributed by atoms with Crippen LogP contribution in [-0.2, 0) is 0 Å². The van der Waals surface area contributed by atoms with E-state index in [1.807, 2.05) is 42.5 Å². The van der Waals surface area contributed by atoms with Gasteiger partial charge in [0.05, 0.1) is 6.04 Å². The Hall–Kier alpha value is -0.160. The van der Waals surface area contributed by atoms with Gasteiger partial charge in [-0.25, -0.2) is 0 Å². The molecule has 2 aromatic rings. The van der Waals surface area contributed by atoms with Gasteiger partial charge in [0.2, 0.25) is 0 Å². The summed E-state index contributed by atoms with van der Waals surface area (Å²) in [5.74, 6) is 0. The first kappa shape index (κ1) is 13.3. The molecule has 0 saturated heterocycles. The Balaban J connectivity index is 2.36. The summed E-state index contributed by atoms with van der Waals surface area (Å²) in [4.78, 5) is 0. The van der Waals surface area contributed by atoms with Crippen LogP contribution in [0.4, 0.5) is 0 Å². The van der Waals surface area contributed by atoms with E-state index in [9.17, 15) is 0 Å². The lowest BCUT2D eigenvalue weighted by Crippen LogP contribution is -2.11. The molecule has 0 aromatic heterocycles. The normalized spacial score (nSPS) is 12.5. The molecule has 1 nitrogen and oxygen atoms in total. The standard InChI is InChI=1S/C13H10Br3N/c14-10-3-1-8(2-4-10)13(17)9-5-11(15)7-12(16)6-9/h1-7,13H,17H2. The minimum Gasteiger partial charge on any atom is -0.320 e. The average Bonchev–Trinajstić information content (AvgIpc) is 2.28. The van der Waals surface area contributed by atoms with Gasteiger partial charge in [-0.05, 0) is 41.5 Å². The molecule has 2 aromatic carbocycles. The van der Waals surface area contributed by atoms with E-state index in [0.717, 1.165) is 24.5 Å². The molecular formula is C13H10Br3N. The third-order valence-electron chi connectivity index (χ3n) is 2.47. The maximum absolute atomic E-state index is 6.25. The summed E-state index contributed by atoms with van der Waals surface area (Å²) in [7, 11) is 0. The molecule has 1 unspecified atom stereocenters. The summed E-state index contributed by atoms with van der Waals surface area (Å²) in [6, 6.07) is 14.0. The van der Waals surface area contributed by atoms with Gasteiger partial charge in [-0.2, -0.15) is 0 Å². The van der Waals surface area contributed by atoms with E-state index >= 15 is 0 Å². The van der Waals surface area contributed by atoms with Crippen molar-refractivity contribution in [2.75, 3.05) is 0 Å². The molecule has 88 valence electrons. The van der Waals surface area contributed by atoms with Crippen molar-refractivity contribution in [3.63, 3.8) is 0 Å². The molecule has 0 aliphatic rings. The van der Waals surface area contributed by atoms with E-state index in [4.69, 9.17) is 5.73 Å². The van der Waals surface area contributed by atoms with Crippen LogP contribution in [0.1, 0.15) is 17.2 Å². The van der Waals surface area contributed by atoms with Crippen molar-refractivity contribution in [3.8, 4) is 0 Å². The van der Waals surface area contributed by atoms with Gasteiger partial charge >= 0.3 is 0 Å². The van der Waals surface area contributed by atoms with Crippen LogP contribution in [0.2, 0.25) is 0 Å². The van der Waals surface area contributed by atoms with Gasteiger partial charge in [-0.3, -0.25) is 0 Å². The van der Waals surface area contributed by atoms with Crippen molar-refractivity contribution in [1.82, 2.24) is 0 Å². The van der Waals surface area contributed by atoms with Gasteiger partial charge < -0.3 is 5.73 Å². The second-order valence-electron chi connectivity index (χ2n) is 3.73. The number of benzene rings is 2. The molecule has 0 amide bonds. The average molecular weight is 420 g/mol.